The molecule has 154 valence electrons. The van der Waals surface area contributed by atoms with E-state index in [-0.39, 0.29) is 0 Å². The van der Waals surface area contributed by atoms with Gasteiger partial charge in [0.15, 0.2) is 18.0 Å². The summed E-state index contributed by atoms with van der Waals surface area (Å²) in [7, 11) is 0. The maximum atomic E-state index is 12.6. The first-order chi connectivity index (χ1) is 13.6. The highest BCUT2D eigenvalue weighted by molar-refractivity contribution is 7.10. The zero-order chi connectivity index (χ0) is 21.2. The highest BCUT2D eigenvalue weighted by atomic mass is 32.1. The standard InChI is InChI=1S/C21H24N2O5S/c1-12(2)15-11-29-16(23-15)9-8-13-6-5-7-14(10-13)22-19(24)17-18(20(25)26)28-21(3,4)27-17/h5-12,17-18H,1-4H3,(H,22,24)(H,25,26)/t17-,18-/m1/s1. The van der Waals surface area contributed by atoms with E-state index in [0.717, 1.165) is 16.3 Å². The van der Waals surface area contributed by atoms with Crippen molar-refractivity contribution in [3.05, 3.63) is 45.9 Å². The largest absolute Gasteiger partial charge is 0.479 e. The number of carbonyl (C=O) groups excluding carboxylic acids is 1. The van der Waals surface area contributed by atoms with E-state index in [1.54, 1.807) is 43.4 Å². The van der Waals surface area contributed by atoms with Gasteiger partial charge in [0.2, 0.25) is 0 Å². The van der Waals surface area contributed by atoms with Gasteiger partial charge in [-0.15, -0.1) is 11.3 Å². The third-order valence-electron chi connectivity index (χ3n) is 4.30. The Morgan fingerprint density at radius 1 is 1.24 bits per heavy atom. The molecular formula is C21H24N2O5S. The van der Waals surface area contributed by atoms with Gasteiger partial charge in [0.05, 0.1) is 5.69 Å². The Balaban J connectivity index is 1.70. The van der Waals surface area contributed by atoms with Crippen molar-refractivity contribution in [1.82, 2.24) is 4.98 Å². The number of nitrogens with one attached hydrogen (secondary N) is 1. The van der Waals surface area contributed by atoms with Crippen molar-refractivity contribution < 1.29 is 24.2 Å². The van der Waals surface area contributed by atoms with E-state index in [1.165, 1.54) is 0 Å². The van der Waals surface area contributed by atoms with Crippen LogP contribution in [0.15, 0.2) is 29.6 Å². The van der Waals surface area contributed by atoms with Crippen LogP contribution in [0.25, 0.3) is 12.2 Å². The third kappa shape index (κ3) is 5.29. The molecule has 1 aliphatic heterocycles. The number of amides is 1. The van der Waals surface area contributed by atoms with Crippen LogP contribution in [0.4, 0.5) is 5.69 Å². The van der Waals surface area contributed by atoms with Gasteiger partial charge >= 0.3 is 5.97 Å². The van der Waals surface area contributed by atoms with Crippen LogP contribution in [-0.4, -0.2) is 40.0 Å². The van der Waals surface area contributed by atoms with Gasteiger partial charge in [0.25, 0.3) is 5.91 Å². The lowest BCUT2D eigenvalue weighted by Crippen LogP contribution is -2.40. The maximum Gasteiger partial charge on any atom is 0.336 e. The number of ether oxygens (including phenoxy) is 2. The highest BCUT2D eigenvalue weighted by Gasteiger charge is 2.49. The molecule has 2 heterocycles. The summed E-state index contributed by atoms with van der Waals surface area (Å²) in [4.78, 5) is 28.5. The van der Waals surface area contributed by atoms with Crippen molar-refractivity contribution >= 4 is 41.1 Å². The van der Waals surface area contributed by atoms with Crippen LogP contribution in [0, 0.1) is 0 Å². The van der Waals surface area contributed by atoms with Crippen LogP contribution in [0.2, 0.25) is 0 Å². The Morgan fingerprint density at radius 2 is 1.97 bits per heavy atom. The van der Waals surface area contributed by atoms with E-state index in [0.29, 0.717) is 11.6 Å². The molecule has 8 heteroatoms. The Morgan fingerprint density at radius 3 is 2.62 bits per heavy atom. The molecule has 29 heavy (non-hydrogen) atoms. The fourth-order valence-corrected chi connectivity index (χ4v) is 3.75. The van der Waals surface area contributed by atoms with Crippen LogP contribution in [-0.2, 0) is 19.1 Å². The third-order valence-corrected chi connectivity index (χ3v) is 5.13. The van der Waals surface area contributed by atoms with Crippen LogP contribution in [0.5, 0.6) is 0 Å². The minimum absolute atomic E-state index is 0.383. The molecule has 7 nitrogen and oxygen atoms in total. The van der Waals surface area contributed by atoms with Gasteiger partial charge in [-0.1, -0.05) is 32.1 Å². The number of anilines is 1. The summed E-state index contributed by atoms with van der Waals surface area (Å²) < 4.78 is 10.8. The molecule has 0 radical (unpaired) electrons. The zero-order valence-corrected chi connectivity index (χ0v) is 17.5. The second kappa shape index (κ2) is 8.44. The van der Waals surface area contributed by atoms with Crippen molar-refractivity contribution in [1.29, 1.82) is 0 Å². The quantitative estimate of drug-likeness (QED) is 0.739. The molecule has 0 saturated carbocycles. The van der Waals surface area contributed by atoms with Crippen molar-refractivity contribution in [2.45, 2.75) is 51.6 Å². The Labute approximate surface area is 173 Å². The summed E-state index contributed by atoms with van der Waals surface area (Å²) in [6, 6.07) is 7.23. The Hall–Kier alpha value is -2.55. The number of carboxylic acid groups (broad SMARTS) is 1. The molecule has 1 saturated heterocycles. The van der Waals surface area contributed by atoms with Crippen LogP contribution < -0.4 is 5.32 Å². The molecule has 0 bridgehead atoms. The normalized spacial score (nSPS) is 21.0. The lowest BCUT2D eigenvalue weighted by Gasteiger charge is -2.16. The van der Waals surface area contributed by atoms with E-state index in [2.05, 4.69) is 24.1 Å². The molecule has 0 aliphatic carbocycles. The lowest BCUT2D eigenvalue weighted by atomic mass is 10.1. The van der Waals surface area contributed by atoms with E-state index in [9.17, 15) is 14.7 Å². The number of aliphatic carboxylic acids is 1. The minimum Gasteiger partial charge on any atom is -0.479 e. The summed E-state index contributed by atoms with van der Waals surface area (Å²) in [5, 5.41) is 15.0. The van der Waals surface area contributed by atoms with E-state index in [4.69, 9.17) is 9.47 Å². The zero-order valence-electron chi connectivity index (χ0n) is 16.7. The summed E-state index contributed by atoms with van der Waals surface area (Å²) in [6.45, 7) is 7.35. The molecule has 3 rings (SSSR count). The number of rotatable bonds is 6. The maximum absolute atomic E-state index is 12.6. The number of carboxylic acids is 1. The first-order valence-electron chi connectivity index (χ1n) is 9.27. The number of benzene rings is 1. The van der Waals surface area contributed by atoms with Crippen LogP contribution in [0.1, 0.15) is 49.9 Å². The number of thiazole rings is 1. The van der Waals surface area contributed by atoms with Crippen LogP contribution >= 0.6 is 11.3 Å². The molecule has 0 spiro atoms. The van der Waals surface area contributed by atoms with E-state index >= 15 is 0 Å². The van der Waals surface area contributed by atoms with Crippen molar-refractivity contribution in [3.63, 3.8) is 0 Å². The molecule has 2 aromatic rings. The number of nitrogens with zero attached hydrogens (tertiary/aromatic N) is 1. The minimum atomic E-state index is -1.35. The van der Waals surface area contributed by atoms with Crippen molar-refractivity contribution in [2.75, 3.05) is 5.32 Å². The van der Waals surface area contributed by atoms with E-state index in [1.807, 2.05) is 23.6 Å². The first kappa shape index (κ1) is 21.2. The molecule has 1 fully saturated rings. The predicted molar refractivity (Wildman–Crippen MR) is 112 cm³/mol. The van der Waals surface area contributed by atoms with Crippen LogP contribution in [0.3, 0.4) is 0 Å². The van der Waals surface area contributed by atoms with E-state index < -0.39 is 29.9 Å². The molecule has 1 amide bonds. The molecule has 1 aliphatic rings. The Kier molecular flexibility index (Phi) is 6.16. The molecule has 1 aromatic carbocycles. The summed E-state index contributed by atoms with van der Waals surface area (Å²) >= 11 is 1.58. The number of hydrogen-bond donors (Lipinski definition) is 2. The molecule has 2 N–H and O–H groups in total. The fraction of sp³-hybridized carbons (Fsp3) is 0.381. The summed E-state index contributed by atoms with van der Waals surface area (Å²) in [5.74, 6) is -2.56. The van der Waals surface area contributed by atoms with Gasteiger partial charge in [0, 0.05) is 11.1 Å². The van der Waals surface area contributed by atoms with Crippen molar-refractivity contribution in [3.8, 4) is 0 Å². The number of aromatic nitrogens is 1. The van der Waals surface area contributed by atoms with Gasteiger partial charge in [-0.2, -0.15) is 0 Å². The predicted octanol–water partition coefficient (Wildman–Crippen LogP) is 3.98. The first-order valence-corrected chi connectivity index (χ1v) is 10.2. The highest BCUT2D eigenvalue weighted by Crippen LogP contribution is 2.29. The smallest absolute Gasteiger partial charge is 0.336 e. The second-order valence-electron chi connectivity index (χ2n) is 7.53. The number of hydrogen-bond acceptors (Lipinski definition) is 6. The molecule has 1 aromatic heterocycles. The van der Waals surface area contributed by atoms with Gasteiger partial charge in [-0.05, 0) is 43.5 Å². The Bertz CT molecular complexity index is 935. The van der Waals surface area contributed by atoms with Gasteiger partial charge in [0.1, 0.15) is 5.01 Å². The summed E-state index contributed by atoms with van der Waals surface area (Å²) in [5.41, 5.74) is 2.48. The van der Waals surface area contributed by atoms with Gasteiger partial charge in [-0.25, -0.2) is 9.78 Å². The van der Waals surface area contributed by atoms with Crippen molar-refractivity contribution in [2.24, 2.45) is 0 Å². The average molecular weight is 416 g/mol. The lowest BCUT2D eigenvalue weighted by molar-refractivity contribution is -0.166. The monoisotopic (exact) mass is 416 g/mol. The molecule has 0 unspecified atom stereocenters. The van der Waals surface area contributed by atoms with Gasteiger partial charge in [-0.3, -0.25) is 4.79 Å². The molecular weight excluding hydrogens is 392 g/mol. The topological polar surface area (TPSA) is 97.8 Å². The second-order valence-corrected chi connectivity index (χ2v) is 8.42. The van der Waals surface area contributed by atoms with Gasteiger partial charge < -0.3 is 19.9 Å². The average Bonchev–Trinajstić information content (AvgIpc) is 3.24. The SMILES string of the molecule is CC(C)c1csc(C=Cc2cccc(NC(=O)[C@@H]3OC(C)(C)O[C@H]3C(=O)O)c2)n1. The summed E-state index contributed by atoms with van der Waals surface area (Å²) in [6.07, 6.45) is 1.25. The molecule has 2 atom stereocenters. The number of carbonyl (C=O) groups is 2. The fourth-order valence-electron chi connectivity index (χ4n) is 2.88.